The molecule has 180 valence electrons. The Bertz CT molecular complexity index is 1150. The number of hydrogen-bond acceptors (Lipinski definition) is 7. The lowest BCUT2D eigenvalue weighted by atomic mass is 9.74. The molecule has 0 fully saturated rings. The molecule has 0 unspecified atom stereocenters. The van der Waals surface area contributed by atoms with Gasteiger partial charge in [0.15, 0.2) is 16.8 Å². The number of anilines is 1. The number of rotatable bonds is 7. The molecule has 34 heavy (non-hydrogen) atoms. The Hall–Kier alpha value is -3.16. The van der Waals surface area contributed by atoms with Gasteiger partial charge in [-0.3, -0.25) is 9.79 Å². The van der Waals surface area contributed by atoms with Crippen molar-refractivity contribution in [2.75, 3.05) is 25.6 Å². The van der Waals surface area contributed by atoms with Crippen LogP contribution in [0.4, 0.5) is 14.5 Å². The Labute approximate surface area is 201 Å². The maximum Gasteiger partial charge on any atom is 0.274 e. The molecule has 0 aliphatic carbocycles. The number of benzene rings is 1. The molecule has 1 aliphatic heterocycles. The van der Waals surface area contributed by atoms with Crippen molar-refractivity contribution in [1.29, 1.82) is 0 Å². The molecular formula is C24H26F2N4O3S. The summed E-state index contributed by atoms with van der Waals surface area (Å²) in [5.74, 6) is -0.346. The monoisotopic (exact) mass is 488 g/mol. The van der Waals surface area contributed by atoms with Gasteiger partial charge in [-0.1, -0.05) is 24.6 Å². The molecule has 0 saturated carbocycles. The van der Waals surface area contributed by atoms with Gasteiger partial charge in [0.25, 0.3) is 5.91 Å². The number of carbonyl (C=O) groups is 1. The minimum absolute atomic E-state index is 0.0214. The molecule has 0 saturated heterocycles. The standard InChI is InChI=1S/C24H26F2N4O3S/c1-6-9-33-16-7-8-19(28-12-16)21(31)29-15-10-17(20(26)18(25)11-15)24(4)14(2)23(3,13-32-5)34-22(27)30-24/h1,7-8,10-12,14H,9,13H2,2-5H3,(H2,27,30)(H,29,31)/t14-,23-,24+/m1/s1. The third kappa shape index (κ3) is 5.00. The first-order chi connectivity index (χ1) is 16.0. The third-order valence-electron chi connectivity index (χ3n) is 5.99. The summed E-state index contributed by atoms with van der Waals surface area (Å²) < 4.78 is 39.8. The van der Waals surface area contributed by atoms with Crippen molar-refractivity contribution in [2.24, 2.45) is 16.6 Å². The summed E-state index contributed by atoms with van der Waals surface area (Å²) in [6.07, 6.45) is 6.49. The minimum Gasteiger partial charge on any atom is -0.479 e. The van der Waals surface area contributed by atoms with Crippen molar-refractivity contribution >= 4 is 28.5 Å². The second-order valence-electron chi connectivity index (χ2n) is 8.31. The van der Waals surface area contributed by atoms with E-state index in [1.165, 1.54) is 36.2 Å². The number of methoxy groups -OCH3 is 1. The Kier molecular flexibility index (Phi) is 7.48. The average molecular weight is 489 g/mol. The average Bonchev–Trinajstić information content (AvgIpc) is 2.78. The molecule has 1 aromatic heterocycles. The highest BCUT2D eigenvalue weighted by Crippen LogP contribution is 2.50. The molecule has 1 amide bonds. The predicted octanol–water partition coefficient (Wildman–Crippen LogP) is 3.94. The van der Waals surface area contributed by atoms with Crippen molar-refractivity contribution in [3.8, 4) is 18.1 Å². The van der Waals surface area contributed by atoms with Crippen LogP contribution in [0.1, 0.15) is 36.8 Å². The summed E-state index contributed by atoms with van der Waals surface area (Å²) in [4.78, 5) is 21.2. The number of amidine groups is 1. The van der Waals surface area contributed by atoms with Gasteiger partial charge >= 0.3 is 0 Å². The van der Waals surface area contributed by atoms with E-state index < -0.39 is 27.8 Å². The number of pyridine rings is 1. The number of nitrogens with one attached hydrogen (secondary N) is 1. The number of amides is 1. The van der Waals surface area contributed by atoms with Crippen LogP contribution in [-0.4, -0.2) is 41.1 Å². The van der Waals surface area contributed by atoms with Crippen LogP contribution >= 0.6 is 11.8 Å². The molecule has 3 N–H and O–H groups in total. The lowest BCUT2D eigenvalue weighted by Crippen LogP contribution is -2.50. The van der Waals surface area contributed by atoms with Crippen LogP contribution in [0.5, 0.6) is 5.75 Å². The number of aromatic nitrogens is 1. The molecule has 3 rings (SSSR count). The molecule has 0 radical (unpaired) electrons. The van der Waals surface area contributed by atoms with E-state index >= 15 is 4.39 Å². The van der Waals surface area contributed by atoms with E-state index in [9.17, 15) is 9.18 Å². The first-order valence-corrected chi connectivity index (χ1v) is 11.2. The van der Waals surface area contributed by atoms with E-state index in [-0.39, 0.29) is 34.6 Å². The Balaban J connectivity index is 1.94. The maximum atomic E-state index is 15.1. The fraction of sp³-hybridized carbons (Fsp3) is 0.375. The van der Waals surface area contributed by atoms with Gasteiger partial charge in [-0.2, -0.15) is 0 Å². The first-order valence-electron chi connectivity index (χ1n) is 10.4. The highest BCUT2D eigenvalue weighted by atomic mass is 32.2. The Morgan fingerprint density at radius 2 is 2.09 bits per heavy atom. The maximum absolute atomic E-state index is 15.1. The molecule has 3 atom stereocenters. The van der Waals surface area contributed by atoms with Gasteiger partial charge in [0.05, 0.1) is 18.3 Å². The zero-order valence-corrected chi connectivity index (χ0v) is 20.1. The van der Waals surface area contributed by atoms with E-state index in [0.29, 0.717) is 12.4 Å². The van der Waals surface area contributed by atoms with Gasteiger partial charge in [-0.25, -0.2) is 13.8 Å². The van der Waals surface area contributed by atoms with Crippen LogP contribution in [0.25, 0.3) is 0 Å². The zero-order valence-electron chi connectivity index (χ0n) is 19.3. The number of halogens is 2. The van der Waals surface area contributed by atoms with Crippen molar-refractivity contribution in [1.82, 2.24) is 4.98 Å². The summed E-state index contributed by atoms with van der Waals surface area (Å²) in [5.41, 5.74) is 4.97. The van der Waals surface area contributed by atoms with Crippen molar-refractivity contribution in [3.05, 3.63) is 53.4 Å². The smallest absolute Gasteiger partial charge is 0.274 e. The van der Waals surface area contributed by atoms with Crippen molar-refractivity contribution < 1.29 is 23.0 Å². The second kappa shape index (κ2) is 9.99. The minimum atomic E-state index is -1.21. The number of nitrogens with zero attached hydrogens (tertiary/aromatic N) is 2. The molecule has 1 aromatic carbocycles. The number of ether oxygens (including phenoxy) is 2. The highest BCUT2D eigenvalue weighted by molar-refractivity contribution is 8.15. The lowest BCUT2D eigenvalue weighted by molar-refractivity contribution is 0.102. The van der Waals surface area contributed by atoms with Crippen LogP contribution in [0, 0.1) is 29.9 Å². The topological polar surface area (TPSA) is 98.8 Å². The van der Waals surface area contributed by atoms with E-state index in [1.807, 2.05) is 13.8 Å². The Morgan fingerprint density at radius 1 is 1.35 bits per heavy atom. The molecule has 0 bridgehead atoms. The van der Waals surface area contributed by atoms with Crippen LogP contribution in [0.3, 0.4) is 0 Å². The van der Waals surface area contributed by atoms with Crippen LogP contribution in [0.15, 0.2) is 35.5 Å². The zero-order chi connectivity index (χ0) is 25.1. The van der Waals surface area contributed by atoms with Gasteiger partial charge < -0.3 is 20.5 Å². The van der Waals surface area contributed by atoms with Gasteiger partial charge in [0.1, 0.15) is 18.1 Å². The van der Waals surface area contributed by atoms with Crippen LogP contribution < -0.4 is 15.8 Å². The normalized spacial score (nSPS) is 24.1. The molecular weight excluding hydrogens is 462 g/mol. The molecule has 2 heterocycles. The lowest BCUT2D eigenvalue weighted by Gasteiger charge is -2.47. The number of hydrogen-bond donors (Lipinski definition) is 2. The highest BCUT2D eigenvalue weighted by Gasteiger charge is 2.50. The van der Waals surface area contributed by atoms with Gasteiger partial charge in [0, 0.05) is 35.1 Å². The number of carbonyl (C=O) groups excluding carboxylic acids is 1. The fourth-order valence-corrected chi connectivity index (χ4v) is 5.25. The largest absolute Gasteiger partial charge is 0.479 e. The van der Waals surface area contributed by atoms with E-state index in [0.717, 1.165) is 6.07 Å². The summed E-state index contributed by atoms with van der Waals surface area (Å²) in [7, 11) is 1.57. The van der Waals surface area contributed by atoms with Gasteiger partial charge in [-0.15, -0.1) is 6.42 Å². The SMILES string of the molecule is C#CCOc1ccc(C(=O)Nc2cc(F)c(F)c([C@@]3(C)N=C(N)S[C@](C)(COC)[C@H]3C)c2)nc1. The van der Waals surface area contributed by atoms with E-state index in [2.05, 4.69) is 21.2 Å². The van der Waals surface area contributed by atoms with E-state index in [1.54, 1.807) is 14.0 Å². The summed E-state index contributed by atoms with van der Waals surface area (Å²) in [5, 5.41) is 2.81. The summed E-state index contributed by atoms with van der Waals surface area (Å²) in [6, 6.07) is 5.25. The molecule has 2 aromatic rings. The first kappa shape index (κ1) is 25.5. The van der Waals surface area contributed by atoms with E-state index in [4.69, 9.17) is 21.6 Å². The molecule has 1 aliphatic rings. The number of thioether (sulfide) groups is 1. The van der Waals surface area contributed by atoms with Crippen LogP contribution in [-0.2, 0) is 10.3 Å². The summed E-state index contributed by atoms with van der Waals surface area (Å²) in [6.45, 7) is 5.92. The molecule has 10 heteroatoms. The predicted molar refractivity (Wildman–Crippen MR) is 129 cm³/mol. The third-order valence-corrected chi connectivity index (χ3v) is 7.23. The summed E-state index contributed by atoms with van der Waals surface area (Å²) >= 11 is 1.33. The van der Waals surface area contributed by atoms with Gasteiger partial charge in [0.2, 0.25) is 0 Å². The van der Waals surface area contributed by atoms with Crippen LogP contribution in [0.2, 0.25) is 0 Å². The number of aliphatic imine (C=N–C) groups is 1. The number of terminal acetylenes is 1. The quantitative estimate of drug-likeness (QED) is 0.573. The fourth-order valence-electron chi connectivity index (χ4n) is 3.95. The molecule has 7 nitrogen and oxygen atoms in total. The molecule has 0 spiro atoms. The van der Waals surface area contributed by atoms with Gasteiger partial charge in [-0.05, 0) is 32.0 Å². The Morgan fingerprint density at radius 3 is 2.71 bits per heavy atom. The second-order valence-corrected chi connectivity index (χ2v) is 9.87. The van der Waals surface area contributed by atoms with Crippen molar-refractivity contribution in [2.45, 2.75) is 31.1 Å². The van der Waals surface area contributed by atoms with Crippen molar-refractivity contribution in [3.63, 3.8) is 0 Å². The number of nitrogens with two attached hydrogens (primary N) is 1.